The molecule has 2 saturated carbocycles. The minimum atomic E-state index is -0.121. The van der Waals surface area contributed by atoms with E-state index in [1.54, 1.807) is 14.2 Å². The molecule has 0 amide bonds. The van der Waals surface area contributed by atoms with Gasteiger partial charge >= 0.3 is 0 Å². The van der Waals surface area contributed by atoms with Crippen molar-refractivity contribution in [3.8, 4) is 5.75 Å². The van der Waals surface area contributed by atoms with Crippen molar-refractivity contribution in [2.75, 3.05) is 14.2 Å². The zero-order valence-electron chi connectivity index (χ0n) is 21.1. The lowest BCUT2D eigenvalue weighted by molar-refractivity contribution is 0.130. The van der Waals surface area contributed by atoms with Gasteiger partial charge in [-0.15, -0.1) is 0 Å². The summed E-state index contributed by atoms with van der Waals surface area (Å²) in [5, 5.41) is 10.5. The molecule has 0 radical (unpaired) electrons. The van der Waals surface area contributed by atoms with Crippen molar-refractivity contribution in [1.82, 2.24) is 0 Å². The lowest BCUT2D eigenvalue weighted by atomic mass is 9.70. The van der Waals surface area contributed by atoms with Crippen LogP contribution in [0, 0.1) is 5.92 Å². The molecular weight excluding hydrogens is 408 g/mol. The highest BCUT2D eigenvalue weighted by molar-refractivity contribution is 5.53. The van der Waals surface area contributed by atoms with Gasteiger partial charge in [-0.2, -0.15) is 0 Å². The predicted octanol–water partition coefficient (Wildman–Crippen LogP) is 8.27. The molecule has 3 aliphatic rings. The van der Waals surface area contributed by atoms with Crippen LogP contribution in [0.3, 0.4) is 0 Å². The van der Waals surface area contributed by atoms with Gasteiger partial charge in [0.1, 0.15) is 5.75 Å². The first-order chi connectivity index (χ1) is 16.0. The first-order valence-corrected chi connectivity index (χ1v) is 13.0. The second-order valence-electron chi connectivity index (χ2n) is 10.7. The van der Waals surface area contributed by atoms with Crippen molar-refractivity contribution in [2.24, 2.45) is 5.92 Å². The topological polar surface area (TPSA) is 38.7 Å². The summed E-state index contributed by atoms with van der Waals surface area (Å²) < 4.78 is 11.1. The van der Waals surface area contributed by atoms with Crippen molar-refractivity contribution in [1.29, 1.82) is 0 Å². The molecule has 0 unspecified atom stereocenters. The molecule has 1 aromatic rings. The number of allylic oxidation sites excluding steroid dienone is 5. The maximum atomic E-state index is 10.5. The van der Waals surface area contributed by atoms with Crippen LogP contribution in [0.2, 0.25) is 0 Å². The van der Waals surface area contributed by atoms with Crippen LogP contribution in [-0.2, 0) is 10.2 Å². The van der Waals surface area contributed by atoms with Gasteiger partial charge in [0.25, 0.3) is 5.95 Å². The van der Waals surface area contributed by atoms with Gasteiger partial charge in [-0.1, -0.05) is 76.7 Å². The van der Waals surface area contributed by atoms with Gasteiger partial charge in [0.2, 0.25) is 0 Å². The minimum absolute atomic E-state index is 0.0870. The standard InChI is InChI=1S/C30H42O3/c1-30(2,24-16-18-28(32-3)27(20-24)22-13-9-6-10-14-22)23-15-17-25(29(31)33-4)26(19-23)21-11-7-5-8-12-21/h15-16,18-22,31H,5-14,17H2,1-4H3. The van der Waals surface area contributed by atoms with Crippen molar-refractivity contribution in [2.45, 2.75) is 95.8 Å². The average molecular weight is 451 g/mol. The van der Waals surface area contributed by atoms with E-state index in [0.717, 1.165) is 17.7 Å². The summed E-state index contributed by atoms with van der Waals surface area (Å²) in [7, 11) is 3.36. The Kier molecular flexibility index (Phi) is 7.56. The Balaban J connectivity index is 1.70. The number of rotatable bonds is 6. The maximum Gasteiger partial charge on any atom is 0.280 e. The number of hydrogen-bond acceptors (Lipinski definition) is 3. The fraction of sp³-hybridized carbons (Fsp3) is 0.600. The number of aliphatic hydroxyl groups excluding tert-OH is 1. The molecule has 1 aromatic carbocycles. The second-order valence-corrected chi connectivity index (χ2v) is 10.7. The van der Waals surface area contributed by atoms with Crippen LogP contribution in [0.15, 0.2) is 53.0 Å². The first-order valence-electron chi connectivity index (χ1n) is 13.0. The van der Waals surface area contributed by atoms with Gasteiger partial charge in [-0.3, -0.25) is 0 Å². The molecule has 0 bridgehead atoms. The molecular formula is C30H42O3. The van der Waals surface area contributed by atoms with Crippen molar-refractivity contribution in [3.63, 3.8) is 0 Å². The number of benzene rings is 1. The van der Waals surface area contributed by atoms with Gasteiger partial charge in [-0.05, 0) is 72.3 Å². The fourth-order valence-electron chi connectivity index (χ4n) is 6.21. The highest BCUT2D eigenvalue weighted by atomic mass is 16.6. The second kappa shape index (κ2) is 10.4. The zero-order chi connectivity index (χ0) is 23.4. The highest BCUT2D eigenvalue weighted by Crippen LogP contribution is 2.45. The first kappa shape index (κ1) is 24.0. The highest BCUT2D eigenvalue weighted by Gasteiger charge is 2.32. The summed E-state index contributed by atoms with van der Waals surface area (Å²) in [5.74, 6) is 2.24. The molecule has 3 heteroatoms. The molecule has 0 spiro atoms. The summed E-state index contributed by atoms with van der Waals surface area (Å²) in [6.45, 7) is 4.68. The molecule has 0 aromatic heterocycles. The van der Waals surface area contributed by atoms with Crippen molar-refractivity contribution >= 4 is 0 Å². The Morgan fingerprint density at radius 2 is 1.55 bits per heavy atom. The Labute approximate surface area is 200 Å². The molecule has 2 fully saturated rings. The molecule has 0 saturated heterocycles. The fourth-order valence-corrected chi connectivity index (χ4v) is 6.21. The molecule has 3 nitrogen and oxygen atoms in total. The lowest BCUT2D eigenvalue weighted by Gasteiger charge is -2.34. The Morgan fingerprint density at radius 3 is 2.15 bits per heavy atom. The van der Waals surface area contributed by atoms with E-state index in [1.165, 1.54) is 86.5 Å². The van der Waals surface area contributed by atoms with E-state index in [4.69, 9.17) is 9.47 Å². The summed E-state index contributed by atoms with van der Waals surface area (Å²) in [6, 6.07) is 6.85. The predicted molar refractivity (Wildman–Crippen MR) is 136 cm³/mol. The number of hydrogen-bond donors (Lipinski definition) is 1. The molecule has 180 valence electrons. The molecule has 1 N–H and O–H groups in total. The van der Waals surface area contributed by atoms with E-state index in [1.807, 2.05) is 0 Å². The van der Waals surface area contributed by atoms with E-state index in [9.17, 15) is 5.11 Å². The third-order valence-corrected chi connectivity index (χ3v) is 8.40. The van der Waals surface area contributed by atoms with Crippen LogP contribution in [0.25, 0.3) is 0 Å². The number of aliphatic hydroxyl groups is 1. The van der Waals surface area contributed by atoms with E-state index in [2.05, 4.69) is 44.2 Å². The maximum absolute atomic E-state index is 10.5. The van der Waals surface area contributed by atoms with Crippen LogP contribution in [0.4, 0.5) is 0 Å². The van der Waals surface area contributed by atoms with Crippen LogP contribution in [0.5, 0.6) is 5.75 Å². The van der Waals surface area contributed by atoms with E-state index >= 15 is 0 Å². The third-order valence-electron chi connectivity index (χ3n) is 8.40. The smallest absolute Gasteiger partial charge is 0.280 e. The Hall–Kier alpha value is -2.16. The largest absolute Gasteiger partial charge is 0.496 e. The van der Waals surface area contributed by atoms with Crippen LogP contribution < -0.4 is 4.74 Å². The molecule has 0 atom stereocenters. The monoisotopic (exact) mass is 450 g/mol. The van der Waals surface area contributed by atoms with Gasteiger partial charge in [0.05, 0.1) is 14.2 Å². The Bertz CT molecular complexity index is 922. The summed E-state index contributed by atoms with van der Waals surface area (Å²) >= 11 is 0. The van der Waals surface area contributed by atoms with Gasteiger partial charge in [0, 0.05) is 11.0 Å². The number of methoxy groups -OCH3 is 2. The molecule has 3 aliphatic carbocycles. The SMILES string of the molecule is COC(O)=C1CC=C(C(C)(C)c2ccc(OC)c(C3CCCCC3)c2)C=C1C1CCCCC1. The summed E-state index contributed by atoms with van der Waals surface area (Å²) in [6.07, 6.45) is 18.2. The Morgan fingerprint density at radius 1 is 0.909 bits per heavy atom. The van der Waals surface area contributed by atoms with Crippen LogP contribution in [-0.4, -0.2) is 19.3 Å². The average Bonchev–Trinajstić information content (AvgIpc) is 2.88. The van der Waals surface area contributed by atoms with Crippen molar-refractivity contribution < 1.29 is 14.6 Å². The molecule has 33 heavy (non-hydrogen) atoms. The summed E-state index contributed by atoms with van der Waals surface area (Å²) in [4.78, 5) is 0. The third kappa shape index (κ3) is 5.03. The van der Waals surface area contributed by atoms with E-state index in [0.29, 0.717) is 11.8 Å². The van der Waals surface area contributed by atoms with Crippen LogP contribution >= 0.6 is 0 Å². The van der Waals surface area contributed by atoms with E-state index < -0.39 is 0 Å². The van der Waals surface area contributed by atoms with Gasteiger partial charge in [-0.25, -0.2) is 0 Å². The van der Waals surface area contributed by atoms with E-state index in [-0.39, 0.29) is 11.4 Å². The quantitative estimate of drug-likeness (QED) is 0.443. The van der Waals surface area contributed by atoms with Crippen LogP contribution in [0.1, 0.15) is 102 Å². The van der Waals surface area contributed by atoms with Gasteiger partial charge < -0.3 is 14.6 Å². The minimum Gasteiger partial charge on any atom is -0.496 e. The molecule has 4 rings (SSSR count). The normalized spacial score (nSPS) is 22.4. The number of ether oxygens (including phenoxy) is 2. The lowest BCUT2D eigenvalue weighted by Crippen LogP contribution is -2.24. The molecule has 0 aliphatic heterocycles. The van der Waals surface area contributed by atoms with Crippen molar-refractivity contribution in [3.05, 3.63) is 64.1 Å². The zero-order valence-corrected chi connectivity index (χ0v) is 21.1. The molecule has 0 heterocycles. The van der Waals surface area contributed by atoms with Gasteiger partial charge in [0.15, 0.2) is 0 Å². The summed E-state index contributed by atoms with van der Waals surface area (Å²) in [5.41, 5.74) is 6.22.